The number of carbonyl (C=O) groups is 1. The molecule has 2 aromatic carbocycles. The number of guanidine groups is 1. The first-order valence-electron chi connectivity index (χ1n) is 8.99. The van der Waals surface area contributed by atoms with Crippen LogP contribution in [0.2, 0.25) is 0 Å². The fraction of sp³-hybridized carbons (Fsp3) is 0.333. The maximum absolute atomic E-state index is 11.7. The van der Waals surface area contributed by atoms with Gasteiger partial charge in [0.2, 0.25) is 0 Å². The van der Waals surface area contributed by atoms with Crippen molar-refractivity contribution in [3.63, 3.8) is 0 Å². The molecule has 0 unspecified atom stereocenters. The zero-order chi connectivity index (χ0) is 19.5. The van der Waals surface area contributed by atoms with Gasteiger partial charge in [0.05, 0.1) is 6.61 Å². The zero-order valence-corrected chi connectivity index (χ0v) is 16.2. The molecule has 0 atom stereocenters. The smallest absolute Gasteiger partial charge is 0.251 e. The van der Waals surface area contributed by atoms with Crippen LogP contribution in [0.15, 0.2) is 53.5 Å². The van der Waals surface area contributed by atoms with Gasteiger partial charge < -0.3 is 20.7 Å². The lowest BCUT2D eigenvalue weighted by molar-refractivity contribution is 0.0963. The van der Waals surface area contributed by atoms with Crippen LogP contribution < -0.4 is 16.0 Å². The molecule has 27 heavy (non-hydrogen) atoms. The summed E-state index contributed by atoms with van der Waals surface area (Å²) in [7, 11) is 5.09. The third kappa shape index (κ3) is 6.42. The highest BCUT2D eigenvalue weighted by Gasteiger charge is 2.05. The first kappa shape index (κ1) is 20.5. The Morgan fingerprint density at radius 2 is 1.85 bits per heavy atom. The van der Waals surface area contributed by atoms with E-state index in [0.717, 1.165) is 30.1 Å². The Morgan fingerprint density at radius 1 is 1.07 bits per heavy atom. The lowest BCUT2D eigenvalue weighted by atomic mass is 10.1. The summed E-state index contributed by atoms with van der Waals surface area (Å²) in [5.74, 6) is 0.668. The van der Waals surface area contributed by atoms with Gasteiger partial charge in [-0.3, -0.25) is 9.79 Å². The zero-order valence-electron chi connectivity index (χ0n) is 16.2. The molecule has 0 aliphatic rings. The van der Waals surface area contributed by atoms with Gasteiger partial charge in [0.1, 0.15) is 0 Å². The van der Waals surface area contributed by atoms with Crippen molar-refractivity contribution in [2.24, 2.45) is 4.99 Å². The number of rotatable bonds is 8. The van der Waals surface area contributed by atoms with Crippen molar-refractivity contribution >= 4 is 11.9 Å². The van der Waals surface area contributed by atoms with E-state index >= 15 is 0 Å². The molecule has 0 saturated heterocycles. The Balaban J connectivity index is 1.85. The van der Waals surface area contributed by atoms with Crippen molar-refractivity contribution in [1.82, 2.24) is 16.0 Å². The monoisotopic (exact) mass is 368 g/mol. The molecule has 6 nitrogen and oxygen atoms in total. The van der Waals surface area contributed by atoms with Crippen molar-refractivity contribution in [3.05, 3.63) is 70.8 Å². The maximum atomic E-state index is 11.7. The van der Waals surface area contributed by atoms with Gasteiger partial charge in [-0.25, -0.2) is 0 Å². The molecule has 0 saturated carbocycles. The fourth-order valence-corrected chi connectivity index (χ4v) is 2.76. The Kier molecular flexibility index (Phi) is 8.32. The number of methoxy groups -OCH3 is 1. The van der Waals surface area contributed by atoms with Crippen LogP contribution in [0, 0.1) is 0 Å². The van der Waals surface area contributed by atoms with Gasteiger partial charge in [0.25, 0.3) is 5.91 Å². The predicted molar refractivity (Wildman–Crippen MR) is 109 cm³/mol. The van der Waals surface area contributed by atoms with E-state index in [9.17, 15) is 4.79 Å². The first-order valence-corrected chi connectivity index (χ1v) is 8.99. The highest BCUT2D eigenvalue weighted by Crippen LogP contribution is 2.09. The van der Waals surface area contributed by atoms with Crippen LogP contribution in [0.25, 0.3) is 0 Å². The molecule has 144 valence electrons. The number of nitrogens with zero attached hydrogens (tertiary/aromatic N) is 1. The van der Waals surface area contributed by atoms with Crippen molar-refractivity contribution < 1.29 is 9.53 Å². The second kappa shape index (κ2) is 11.0. The molecule has 0 aliphatic carbocycles. The summed E-state index contributed by atoms with van der Waals surface area (Å²) in [5, 5.41) is 9.28. The van der Waals surface area contributed by atoms with Gasteiger partial charge in [-0.05, 0) is 35.2 Å². The van der Waals surface area contributed by atoms with E-state index < -0.39 is 0 Å². The standard InChI is InChI=1S/C21H28N4O2/c1-22-20(26)17-10-6-7-16(13-17)11-12-24-21(23-2)25-14-18-8-4-5-9-19(18)15-27-3/h4-10,13H,11-12,14-15H2,1-3H3,(H,22,26)(H2,23,24,25). The van der Waals surface area contributed by atoms with Crippen molar-refractivity contribution in [2.75, 3.05) is 27.7 Å². The summed E-state index contributed by atoms with van der Waals surface area (Å²) in [6.07, 6.45) is 0.797. The summed E-state index contributed by atoms with van der Waals surface area (Å²) in [6, 6.07) is 15.8. The summed E-state index contributed by atoms with van der Waals surface area (Å²) in [6.45, 7) is 1.98. The molecule has 3 N–H and O–H groups in total. The van der Waals surface area contributed by atoms with E-state index in [-0.39, 0.29) is 5.91 Å². The lowest BCUT2D eigenvalue weighted by Crippen LogP contribution is -2.38. The number of benzene rings is 2. The van der Waals surface area contributed by atoms with Crippen LogP contribution in [0.1, 0.15) is 27.0 Å². The number of amides is 1. The molecule has 0 radical (unpaired) electrons. The molecule has 0 aromatic heterocycles. The highest BCUT2D eigenvalue weighted by molar-refractivity contribution is 5.94. The molecule has 1 amide bonds. The fourth-order valence-electron chi connectivity index (χ4n) is 2.76. The molecular weight excluding hydrogens is 340 g/mol. The van der Waals surface area contributed by atoms with Crippen LogP contribution in [-0.4, -0.2) is 39.6 Å². The Hall–Kier alpha value is -2.86. The average Bonchev–Trinajstić information content (AvgIpc) is 2.71. The Morgan fingerprint density at radius 3 is 2.56 bits per heavy atom. The van der Waals surface area contributed by atoms with Gasteiger partial charge in [0.15, 0.2) is 5.96 Å². The van der Waals surface area contributed by atoms with E-state index in [1.807, 2.05) is 36.4 Å². The first-order chi connectivity index (χ1) is 13.2. The van der Waals surface area contributed by atoms with Gasteiger partial charge in [0, 0.05) is 39.9 Å². The van der Waals surface area contributed by atoms with Crippen molar-refractivity contribution in [2.45, 2.75) is 19.6 Å². The van der Waals surface area contributed by atoms with Gasteiger partial charge in [-0.15, -0.1) is 0 Å². The minimum Gasteiger partial charge on any atom is -0.380 e. The minimum absolute atomic E-state index is 0.0722. The van der Waals surface area contributed by atoms with E-state index in [4.69, 9.17) is 4.74 Å². The van der Waals surface area contributed by atoms with Crippen LogP contribution in [-0.2, 0) is 24.3 Å². The number of carbonyl (C=O) groups excluding carboxylic acids is 1. The van der Waals surface area contributed by atoms with E-state index in [1.54, 1.807) is 21.2 Å². The quantitative estimate of drug-likeness (QED) is 0.493. The molecule has 0 aliphatic heterocycles. The number of hydrogen-bond donors (Lipinski definition) is 3. The van der Waals surface area contributed by atoms with Crippen LogP contribution >= 0.6 is 0 Å². The van der Waals surface area contributed by atoms with E-state index in [0.29, 0.717) is 18.7 Å². The second-order valence-electron chi connectivity index (χ2n) is 6.08. The SMILES string of the molecule is CN=C(NCCc1cccc(C(=O)NC)c1)NCc1ccccc1COC. The molecule has 2 rings (SSSR count). The number of hydrogen-bond acceptors (Lipinski definition) is 3. The normalized spacial score (nSPS) is 11.1. The summed E-state index contributed by atoms with van der Waals surface area (Å²) in [5.41, 5.74) is 4.12. The molecule has 0 fully saturated rings. The average molecular weight is 368 g/mol. The van der Waals surface area contributed by atoms with E-state index in [2.05, 4.69) is 33.1 Å². The lowest BCUT2D eigenvalue weighted by Gasteiger charge is -2.14. The van der Waals surface area contributed by atoms with Gasteiger partial charge in [-0.1, -0.05) is 36.4 Å². The molecule has 2 aromatic rings. The molecule has 0 heterocycles. The third-order valence-electron chi connectivity index (χ3n) is 4.21. The van der Waals surface area contributed by atoms with Crippen molar-refractivity contribution in [1.29, 1.82) is 0 Å². The Bertz CT molecular complexity index is 774. The summed E-state index contributed by atoms with van der Waals surface area (Å²) in [4.78, 5) is 16.0. The minimum atomic E-state index is -0.0722. The molecular formula is C21H28N4O2. The third-order valence-corrected chi connectivity index (χ3v) is 4.21. The number of nitrogens with one attached hydrogen (secondary N) is 3. The van der Waals surface area contributed by atoms with Crippen LogP contribution in [0.4, 0.5) is 0 Å². The van der Waals surface area contributed by atoms with Gasteiger partial charge >= 0.3 is 0 Å². The Labute approximate surface area is 161 Å². The molecule has 0 bridgehead atoms. The number of aliphatic imine (C=N–C) groups is 1. The summed E-state index contributed by atoms with van der Waals surface area (Å²) < 4.78 is 5.25. The van der Waals surface area contributed by atoms with Crippen molar-refractivity contribution in [3.8, 4) is 0 Å². The molecule has 6 heteroatoms. The molecule has 0 spiro atoms. The topological polar surface area (TPSA) is 74.8 Å². The number of ether oxygens (including phenoxy) is 1. The van der Waals surface area contributed by atoms with Gasteiger partial charge in [-0.2, -0.15) is 0 Å². The maximum Gasteiger partial charge on any atom is 0.251 e. The highest BCUT2D eigenvalue weighted by atomic mass is 16.5. The van der Waals surface area contributed by atoms with Crippen LogP contribution in [0.3, 0.4) is 0 Å². The predicted octanol–water partition coefficient (Wildman–Crippen LogP) is 2.10. The largest absolute Gasteiger partial charge is 0.380 e. The second-order valence-corrected chi connectivity index (χ2v) is 6.08. The van der Waals surface area contributed by atoms with Crippen LogP contribution in [0.5, 0.6) is 0 Å². The van der Waals surface area contributed by atoms with E-state index in [1.165, 1.54) is 5.56 Å². The summed E-state index contributed by atoms with van der Waals surface area (Å²) >= 11 is 0.